The van der Waals surface area contributed by atoms with Crippen molar-refractivity contribution in [1.82, 2.24) is 0 Å². The highest BCUT2D eigenvalue weighted by Crippen LogP contribution is 2.37. The molecule has 0 aromatic heterocycles. The molecule has 2 heterocycles. The number of halogens is 2. The van der Waals surface area contributed by atoms with Gasteiger partial charge in [-0.3, -0.25) is 0 Å². The lowest BCUT2D eigenvalue weighted by atomic mass is 9.79. The Kier molecular flexibility index (Phi) is 17.0. The standard InChI is InChI=1S/C19H23BO3.C13H11BrO.C12H17BO3.C6H5BrO/c1-18(2)19(3,4)23-20(22-18)16-11-8-12-17(13-16)21-14-15-9-6-5-7-10-15;14-12-7-4-8-13(9-12)15-10-11-5-2-1-3-6-11;1-11(2)12(3,4)16-13(15-11)9-6-5-7-10(14)8-9;7-5-2-1-3-6(8)4-5/h5-13H,14H2,1-4H3;1-9H,10H2;5-8,14H,1-4H3;1-4,8H. The molecule has 0 amide bonds. The predicted molar refractivity (Wildman–Crippen MR) is 257 cm³/mol. The van der Waals surface area contributed by atoms with Crippen LogP contribution in [-0.4, -0.2) is 46.9 Å². The van der Waals surface area contributed by atoms with E-state index in [0.29, 0.717) is 19.0 Å². The summed E-state index contributed by atoms with van der Waals surface area (Å²) in [5, 5.41) is 18.2. The van der Waals surface area contributed by atoms with Crippen LogP contribution < -0.4 is 20.4 Å². The molecule has 2 aliphatic heterocycles. The third-order valence-corrected chi connectivity index (χ3v) is 11.9. The summed E-state index contributed by atoms with van der Waals surface area (Å²) in [5.74, 6) is 2.22. The van der Waals surface area contributed by atoms with Gasteiger partial charge in [0.2, 0.25) is 0 Å². The van der Waals surface area contributed by atoms with Crippen LogP contribution in [0.25, 0.3) is 0 Å². The van der Waals surface area contributed by atoms with Crippen LogP contribution in [-0.2, 0) is 31.8 Å². The van der Waals surface area contributed by atoms with Crippen molar-refractivity contribution < 1.29 is 38.3 Å². The zero-order valence-corrected chi connectivity index (χ0v) is 39.9. The minimum absolute atomic E-state index is 0.229. The first-order chi connectivity index (χ1) is 29.3. The second kappa shape index (κ2) is 21.7. The fraction of sp³-hybridized carbons (Fsp3) is 0.280. The van der Waals surface area contributed by atoms with Crippen molar-refractivity contribution in [3.8, 4) is 23.0 Å². The minimum atomic E-state index is -0.405. The SMILES string of the molecule is Brc1cccc(OCc2ccccc2)c1.CC1(C)OB(c2cccc(O)c2)OC1(C)C.CC1(C)OB(c2cccc(OCc3ccccc3)c2)OC1(C)C.Oc1cccc(Br)c1. The van der Waals surface area contributed by atoms with Gasteiger partial charge in [0, 0.05) is 8.95 Å². The Labute approximate surface area is 385 Å². The van der Waals surface area contributed by atoms with Gasteiger partial charge in [0.15, 0.2) is 0 Å². The lowest BCUT2D eigenvalue weighted by Gasteiger charge is -2.32. The van der Waals surface area contributed by atoms with E-state index < -0.39 is 7.12 Å². The van der Waals surface area contributed by atoms with Crippen molar-refractivity contribution in [1.29, 1.82) is 0 Å². The van der Waals surface area contributed by atoms with Crippen LogP contribution in [0.3, 0.4) is 0 Å². The molecule has 6 aromatic rings. The summed E-state index contributed by atoms with van der Waals surface area (Å²) in [4.78, 5) is 0. The Hall–Kier alpha value is -4.55. The number of hydrogen-bond acceptors (Lipinski definition) is 8. The Morgan fingerprint density at radius 1 is 0.419 bits per heavy atom. The van der Waals surface area contributed by atoms with E-state index in [9.17, 15) is 5.11 Å². The van der Waals surface area contributed by atoms with Crippen molar-refractivity contribution in [3.63, 3.8) is 0 Å². The molecule has 0 aliphatic carbocycles. The molecule has 0 saturated carbocycles. The molecule has 62 heavy (non-hydrogen) atoms. The Morgan fingerprint density at radius 3 is 1.16 bits per heavy atom. The molecule has 2 fully saturated rings. The quantitative estimate of drug-likeness (QED) is 0.146. The Balaban J connectivity index is 0.000000165. The molecule has 12 heteroatoms. The summed E-state index contributed by atoms with van der Waals surface area (Å²) >= 11 is 6.61. The highest BCUT2D eigenvalue weighted by atomic mass is 79.9. The van der Waals surface area contributed by atoms with Crippen molar-refractivity contribution in [2.24, 2.45) is 0 Å². The molecule has 2 saturated heterocycles. The summed E-state index contributed by atoms with van der Waals surface area (Å²) in [6, 6.07) is 49.9. The van der Waals surface area contributed by atoms with Crippen LogP contribution in [0.2, 0.25) is 0 Å². The van der Waals surface area contributed by atoms with Crippen molar-refractivity contribution in [2.45, 2.75) is 91.0 Å². The van der Waals surface area contributed by atoms with Gasteiger partial charge in [-0.1, -0.05) is 129 Å². The molecule has 2 N–H and O–H groups in total. The van der Waals surface area contributed by atoms with Crippen molar-refractivity contribution >= 4 is 57.0 Å². The second-order valence-electron chi connectivity index (χ2n) is 16.8. The molecule has 8 rings (SSSR count). The Morgan fingerprint density at radius 2 is 0.774 bits per heavy atom. The van der Waals surface area contributed by atoms with Crippen LogP contribution in [0.15, 0.2) is 167 Å². The zero-order chi connectivity index (χ0) is 45.0. The van der Waals surface area contributed by atoms with Gasteiger partial charge in [-0.2, -0.15) is 0 Å². The molecule has 324 valence electrons. The number of phenolic OH excluding ortho intramolecular Hbond substituents is 2. The maximum Gasteiger partial charge on any atom is 0.494 e. The van der Waals surface area contributed by atoms with Crippen LogP contribution >= 0.6 is 31.9 Å². The molecule has 0 radical (unpaired) electrons. The summed E-state index contributed by atoms with van der Waals surface area (Å²) in [6.45, 7) is 17.4. The number of aromatic hydroxyl groups is 2. The fourth-order valence-electron chi connectivity index (χ4n) is 5.90. The van der Waals surface area contributed by atoms with Gasteiger partial charge in [-0.15, -0.1) is 0 Å². The molecular weight excluding hydrogens is 910 g/mol. The number of ether oxygens (including phenoxy) is 2. The first kappa shape index (κ1) is 48.5. The smallest absolute Gasteiger partial charge is 0.494 e. The molecular formula is C50H56B2Br2O8. The highest BCUT2D eigenvalue weighted by molar-refractivity contribution is 9.10. The highest BCUT2D eigenvalue weighted by Gasteiger charge is 2.52. The van der Waals surface area contributed by atoms with Crippen LogP contribution in [0.1, 0.15) is 66.5 Å². The first-order valence-electron chi connectivity index (χ1n) is 20.5. The monoisotopic (exact) mass is 964 g/mol. The van der Waals surface area contributed by atoms with Gasteiger partial charge >= 0.3 is 14.2 Å². The topological polar surface area (TPSA) is 95.8 Å². The van der Waals surface area contributed by atoms with Gasteiger partial charge in [0.05, 0.1) is 22.4 Å². The van der Waals surface area contributed by atoms with Gasteiger partial charge in [0.25, 0.3) is 0 Å². The normalized spacial score (nSPS) is 16.4. The fourth-order valence-corrected chi connectivity index (χ4v) is 6.66. The van der Waals surface area contributed by atoms with Gasteiger partial charge in [-0.05, 0) is 138 Å². The van der Waals surface area contributed by atoms with Crippen molar-refractivity contribution in [2.75, 3.05) is 0 Å². The Bertz CT molecular complexity index is 2260. The predicted octanol–water partition coefficient (Wildman–Crippen LogP) is 11.4. The largest absolute Gasteiger partial charge is 0.508 e. The number of phenols is 2. The summed E-state index contributed by atoms with van der Waals surface area (Å²) < 4.78 is 37.4. The van der Waals surface area contributed by atoms with Crippen LogP contribution in [0, 0.1) is 0 Å². The zero-order valence-electron chi connectivity index (χ0n) is 36.7. The van der Waals surface area contributed by atoms with E-state index in [4.69, 9.17) is 33.2 Å². The van der Waals surface area contributed by atoms with E-state index in [1.807, 2.05) is 125 Å². The number of rotatable bonds is 8. The second-order valence-corrected chi connectivity index (χ2v) is 18.7. The molecule has 2 aliphatic rings. The molecule has 6 aromatic carbocycles. The van der Waals surface area contributed by atoms with Gasteiger partial charge in [-0.25, -0.2) is 0 Å². The summed E-state index contributed by atoms with van der Waals surface area (Å²) in [5.41, 5.74) is 2.79. The number of benzene rings is 6. The molecule has 0 spiro atoms. The van der Waals surface area contributed by atoms with E-state index in [1.165, 1.54) is 5.56 Å². The average molecular weight is 966 g/mol. The van der Waals surface area contributed by atoms with E-state index >= 15 is 0 Å². The maximum absolute atomic E-state index is 9.42. The third-order valence-electron chi connectivity index (χ3n) is 10.9. The van der Waals surface area contributed by atoms with E-state index in [0.717, 1.165) is 36.9 Å². The van der Waals surface area contributed by atoms with Crippen molar-refractivity contribution in [3.05, 3.63) is 178 Å². The van der Waals surface area contributed by atoms with E-state index in [-0.39, 0.29) is 35.3 Å². The molecule has 0 unspecified atom stereocenters. The van der Waals surface area contributed by atoms with Gasteiger partial charge < -0.3 is 38.3 Å². The van der Waals surface area contributed by atoms with E-state index in [1.54, 1.807) is 36.4 Å². The first-order valence-corrected chi connectivity index (χ1v) is 22.0. The minimum Gasteiger partial charge on any atom is -0.508 e. The summed E-state index contributed by atoms with van der Waals surface area (Å²) in [7, 11) is -0.766. The number of hydrogen-bond donors (Lipinski definition) is 2. The lowest BCUT2D eigenvalue weighted by molar-refractivity contribution is 0.00578. The van der Waals surface area contributed by atoms with Crippen LogP contribution in [0.4, 0.5) is 0 Å². The van der Waals surface area contributed by atoms with E-state index in [2.05, 4.69) is 83.8 Å². The van der Waals surface area contributed by atoms with Gasteiger partial charge in [0.1, 0.15) is 36.2 Å². The maximum atomic E-state index is 9.42. The van der Waals surface area contributed by atoms with Crippen LogP contribution in [0.5, 0.6) is 23.0 Å². The third kappa shape index (κ3) is 14.2. The molecule has 0 atom stereocenters. The average Bonchev–Trinajstić information content (AvgIpc) is 3.60. The molecule has 0 bridgehead atoms. The summed E-state index contributed by atoms with van der Waals surface area (Å²) in [6.07, 6.45) is 0. The molecule has 8 nitrogen and oxygen atoms in total. The lowest BCUT2D eigenvalue weighted by Crippen LogP contribution is -2.41.